The number of anilines is 1. The minimum absolute atomic E-state index is 0.0838. The number of carbonyl (C=O) groups excluding carboxylic acids is 1. The fourth-order valence-electron chi connectivity index (χ4n) is 3.61. The van der Waals surface area contributed by atoms with Gasteiger partial charge in [0, 0.05) is 23.4 Å². The molecule has 1 N–H and O–H groups in total. The Morgan fingerprint density at radius 3 is 2.44 bits per heavy atom. The minimum Gasteiger partial charge on any atom is -0.471 e. The van der Waals surface area contributed by atoms with Crippen LogP contribution in [-0.4, -0.2) is 20.6 Å². The molecule has 0 saturated carbocycles. The first-order valence-electron chi connectivity index (χ1n) is 11.0. The van der Waals surface area contributed by atoms with Crippen LogP contribution >= 0.6 is 11.6 Å². The van der Waals surface area contributed by atoms with Crippen LogP contribution in [0.5, 0.6) is 17.2 Å². The van der Waals surface area contributed by atoms with E-state index in [9.17, 15) is 14.9 Å². The van der Waals surface area contributed by atoms with Crippen LogP contribution in [0.25, 0.3) is 0 Å². The number of nitro benzene ring substituents is 1. The third-order valence-corrected chi connectivity index (χ3v) is 5.39. The highest BCUT2D eigenvalue weighted by atomic mass is 35.5. The summed E-state index contributed by atoms with van der Waals surface area (Å²) in [6, 6.07) is 16.5. The third kappa shape index (κ3) is 6.19. The van der Waals surface area contributed by atoms with Crippen LogP contribution in [-0.2, 0) is 6.73 Å². The normalized spacial score (nSPS) is 10.7. The molecule has 0 spiro atoms. The van der Waals surface area contributed by atoms with Crippen molar-refractivity contribution in [2.75, 3.05) is 5.32 Å². The first kappa shape index (κ1) is 24.7. The zero-order valence-corrected chi connectivity index (χ0v) is 20.6. The summed E-state index contributed by atoms with van der Waals surface area (Å²) < 4.78 is 13.1. The molecular formula is C26H23ClN4O5. The van der Waals surface area contributed by atoms with Gasteiger partial charge in [-0.15, -0.1) is 0 Å². The fourth-order valence-corrected chi connectivity index (χ4v) is 3.83. The summed E-state index contributed by atoms with van der Waals surface area (Å²) in [6.07, 6.45) is 1.60. The number of nitrogens with one attached hydrogen (secondary N) is 1. The number of rotatable bonds is 8. The molecule has 184 valence electrons. The predicted octanol–water partition coefficient (Wildman–Crippen LogP) is 6.45. The van der Waals surface area contributed by atoms with Gasteiger partial charge in [-0.2, -0.15) is 5.10 Å². The van der Waals surface area contributed by atoms with Crippen LogP contribution in [0.1, 0.15) is 27.2 Å². The van der Waals surface area contributed by atoms with Gasteiger partial charge in [0.25, 0.3) is 11.6 Å². The van der Waals surface area contributed by atoms with Crippen molar-refractivity contribution in [3.63, 3.8) is 0 Å². The molecule has 1 amide bonds. The third-order valence-electron chi connectivity index (χ3n) is 5.15. The van der Waals surface area contributed by atoms with Crippen LogP contribution in [0.4, 0.5) is 11.4 Å². The molecule has 0 aliphatic heterocycles. The summed E-state index contributed by atoms with van der Waals surface area (Å²) in [7, 11) is 0. The zero-order valence-electron chi connectivity index (χ0n) is 19.8. The van der Waals surface area contributed by atoms with Crippen molar-refractivity contribution in [1.82, 2.24) is 9.78 Å². The standard InChI is InChI=1S/C26H23ClN4O5/c1-16-8-17(2)10-22(9-16)36-23-13-20(12-21(14-23)31(33)34)28-26(32)24-6-7-30(29-24)15-35-25-5-4-19(27)11-18(25)3/h4-14H,15H2,1-3H3,(H,28,32). The van der Waals surface area contributed by atoms with E-state index in [1.54, 1.807) is 24.4 Å². The number of nitro groups is 1. The van der Waals surface area contributed by atoms with E-state index in [0.717, 1.165) is 16.7 Å². The number of carbonyl (C=O) groups is 1. The lowest BCUT2D eigenvalue weighted by Crippen LogP contribution is -2.14. The molecule has 4 rings (SSSR count). The van der Waals surface area contributed by atoms with Gasteiger partial charge >= 0.3 is 0 Å². The van der Waals surface area contributed by atoms with Crippen LogP contribution in [0.2, 0.25) is 5.02 Å². The largest absolute Gasteiger partial charge is 0.471 e. The SMILES string of the molecule is Cc1cc(C)cc(Oc2cc(NC(=O)c3ccn(COc4ccc(Cl)cc4C)n3)cc([N+](=O)[O-])c2)c1. The van der Waals surface area contributed by atoms with E-state index in [2.05, 4.69) is 10.4 Å². The number of non-ortho nitro benzene ring substituents is 1. The summed E-state index contributed by atoms with van der Waals surface area (Å²) in [5.41, 5.74) is 2.97. The van der Waals surface area contributed by atoms with Gasteiger partial charge in [0.15, 0.2) is 12.4 Å². The Morgan fingerprint density at radius 1 is 1.03 bits per heavy atom. The second kappa shape index (κ2) is 10.5. The Morgan fingerprint density at radius 2 is 1.75 bits per heavy atom. The van der Waals surface area contributed by atoms with Gasteiger partial charge in [0.1, 0.15) is 17.2 Å². The van der Waals surface area contributed by atoms with E-state index in [4.69, 9.17) is 21.1 Å². The van der Waals surface area contributed by atoms with Crippen LogP contribution < -0.4 is 14.8 Å². The van der Waals surface area contributed by atoms with Gasteiger partial charge in [-0.3, -0.25) is 14.9 Å². The molecule has 0 fully saturated rings. The maximum absolute atomic E-state index is 12.8. The maximum atomic E-state index is 12.8. The lowest BCUT2D eigenvalue weighted by atomic mass is 10.1. The average molecular weight is 507 g/mol. The molecule has 0 saturated heterocycles. The summed E-state index contributed by atoms with van der Waals surface area (Å²) in [6.45, 7) is 5.82. The van der Waals surface area contributed by atoms with Gasteiger partial charge in [0.2, 0.25) is 0 Å². The molecule has 9 nitrogen and oxygen atoms in total. The lowest BCUT2D eigenvalue weighted by molar-refractivity contribution is -0.384. The van der Waals surface area contributed by atoms with E-state index >= 15 is 0 Å². The monoisotopic (exact) mass is 506 g/mol. The molecule has 0 aliphatic rings. The minimum atomic E-state index is -0.547. The second-order valence-corrected chi connectivity index (χ2v) is 8.71. The summed E-state index contributed by atoms with van der Waals surface area (Å²) in [4.78, 5) is 23.7. The molecule has 1 heterocycles. The van der Waals surface area contributed by atoms with Crippen molar-refractivity contribution in [3.8, 4) is 17.2 Å². The zero-order chi connectivity index (χ0) is 25.8. The van der Waals surface area contributed by atoms with Crippen LogP contribution in [0, 0.1) is 30.9 Å². The first-order valence-corrected chi connectivity index (χ1v) is 11.3. The van der Waals surface area contributed by atoms with E-state index in [1.165, 1.54) is 28.9 Å². The number of aromatic nitrogens is 2. The number of hydrogen-bond donors (Lipinski definition) is 1. The highest BCUT2D eigenvalue weighted by molar-refractivity contribution is 6.30. The van der Waals surface area contributed by atoms with Crippen molar-refractivity contribution in [2.24, 2.45) is 0 Å². The molecule has 10 heteroatoms. The Labute approximate surface area is 212 Å². The average Bonchev–Trinajstić information content (AvgIpc) is 3.27. The van der Waals surface area contributed by atoms with Crippen molar-refractivity contribution >= 4 is 28.9 Å². The number of hydrogen-bond acceptors (Lipinski definition) is 6. The molecule has 0 bridgehead atoms. The van der Waals surface area contributed by atoms with Crippen molar-refractivity contribution < 1.29 is 19.2 Å². The topological polar surface area (TPSA) is 109 Å². The number of nitrogens with zero attached hydrogens (tertiary/aromatic N) is 3. The highest BCUT2D eigenvalue weighted by Gasteiger charge is 2.16. The second-order valence-electron chi connectivity index (χ2n) is 8.28. The summed E-state index contributed by atoms with van der Waals surface area (Å²) in [5, 5.41) is 18.9. The number of ether oxygens (including phenoxy) is 2. The number of aryl methyl sites for hydroxylation is 3. The quantitative estimate of drug-likeness (QED) is 0.217. The van der Waals surface area contributed by atoms with E-state index in [1.807, 2.05) is 39.0 Å². The summed E-state index contributed by atoms with van der Waals surface area (Å²) >= 11 is 5.97. The Hall–Kier alpha value is -4.37. The van der Waals surface area contributed by atoms with Gasteiger partial charge in [-0.25, -0.2) is 4.68 Å². The van der Waals surface area contributed by atoms with E-state index in [-0.39, 0.29) is 29.5 Å². The molecular weight excluding hydrogens is 484 g/mol. The molecule has 0 unspecified atom stereocenters. The molecule has 3 aromatic carbocycles. The number of amides is 1. The van der Waals surface area contributed by atoms with E-state index in [0.29, 0.717) is 16.5 Å². The Balaban J connectivity index is 1.48. The lowest BCUT2D eigenvalue weighted by Gasteiger charge is -2.10. The molecule has 1 aromatic heterocycles. The fraction of sp³-hybridized carbons (Fsp3) is 0.154. The van der Waals surface area contributed by atoms with E-state index < -0.39 is 10.8 Å². The van der Waals surface area contributed by atoms with Crippen LogP contribution in [0.3, 0.4) is 0 Å². The summed E-state index contributed by atoms with van der Waals surface area (Å²) in [5.74, 6) is 0.879. The van der Waals surface area contributed by atoms with Crippen molar-refractivity contribution in [2.45, 2.75) is 27.5 Å². The molecule has 36 heavy (non-hydrogen) atoms. The number of halogens is 1. The maximum Gasteiger partial charge on any atom is 0.276 e. The predicted molar refractivity (Wildman–Crippen MR) is 136 cm³/mol. The van der Waals surface area contributed by atoms with Crippen LogP contribution in [0.15, 0.2) is 66.9 Å². The van der Waals surface area contributed by atoms with Crippen molar-refractivity contribution in [1.29, 1.82) is 0 Å². The molecule has 0 aliphatic carbocycles. The smallest absolute Gasteiger partial charge is 0.276 e. The first-order chi connectivity index (χ1) is 17.2. The van der Waals surface area contributed by atoms with Gasteiger partial charge < -0.3 is 14.8 Å². The van der Waals surface area contributed by atoms with Gasteiger partial charge in [-0.05, 0) is 73.9 Å². The highest BCUT2D eigenvalue weighted by Crippen LogP contribution is 2.31. The Kier molecular flexibility index (Phi) is 7.21. The van der Waals surface area contributed by atoms with Gasteiger partial charge in [-0.1, -0.05) is 17.7 Å². The van der Waals surface area contributed by atoms with Gasteiger partial charge in [0.05, 0.1) is 16.7 Å². The molecule has 4 aromatic rings. The van der Waals surface area contributed by atoms with Crippen molar-refractivity contribution in [3.05, 3.63) is 104 Å². The number of benzene rings is 3. The molecule has 0 radical (unpaired) electrons. The molecule has 0 atom stereocenters. The Bertz CT molecular complexity index is 1430.